The van der Waals surface area contributed by atoms with E-state index in [1.807, 2.05) is 24.3 Å². The van der Waals surface area contributed by atoms with E-state index in [1.54, 1.807) is 26.2 Å². The molecule has 3 heteroatoms. The van der Waals surface area contributed by atoms with Crippen LogP contribution >= 0.6 is 0 Å². The van der Waals surface area contributed by atoms with E-state index in [0.29, 0.717) is 11.1 Å². The van der Waals surface area contributed by atoms with E-state index < -0.39 is 0 Å². The summed E-state index contributed by atoms with van der Waals surface area (Å²) >= 11 is 0. The minimum Gasteiger partial charge on any atom is -0.345 e. The molecular formula is C18H15NO2. The minimum absolute atomic E-state index is 0.0774. The number of fused-ring (bicyclic) bond motifs is 1. The highest BCUT2D eigenvalue weighted by Gasteiger charge is 2.05. The van der Waals surface area contributed by atoms with E-state index in [-0.39, 0.29) is 5.91 Å². The fourth-order valence-corrected chi connectivity index (χ4v) is 2.05. The molecule has 2 aromatic carbocycles. The summed E-state index contributed by atoms with van der Waals surface area (Å²) < 4.78 is 0. The Labute approximate surface area is 123 Å². The second kappa shape index (κ2) is 6.06. The second-order valence-corrected chi connectivity index (χ2v) is 4.84. The molecule has 0 atom stereocenters. The first-order valence-corrected chi connectivity index (χ1v) is 6.44. The molecule has 0 saturated heterocycles. The number of rotatable bonds is 3. The molecule has 1 amide bonds. The van der Waals surface area contributed by atoms with E-state index in [1.165, 1.54) is 11.0 Å². The van der Waals surface area contributed by atoms with Gasteiger partial charge in [-0.1, -0.05) is 24.1 Å². The van der Waals surface area contributed by atoms with Crippen LogP contribution in [0.25, 0.3) is 16.8 Å². The highest BCUT2D eigenvalue weighted by Crippen LogP contribution is 2.22. The summed E-state index contributed by atoms with van der Waals surface area (Å²) in [6.45, 7) is 0. The van der Waals surface area contributed by atoms with Gasteiger partial charge in [0.2, 0.25) is 5.91 Å². The van der Waals surface area contributed by atoms with Gasteiger partial charge in [-0.2, -0.15) is 0 Å². The Balaban J connectivity index is 2.47. The topological polar surface area (TPSA) is 37.4 Å². The third-order valence-corrected chi connectivity index (χ3v) is 3.22. The molecule has 0 aliphatic carbocycles. The van der Waals surface area contributed by atoms with Crippen LogP contribution in [0.5, 0.6) is 0 Å². The van der Waals surface area contributed by atoms with Crippen LogP contribution in [-0.4, -0.2) is 31.2 Å². The Morgan fingerprint density at radius 1 is 1.24 bits per heavy atom. The Bertz CT molecular complexity index is 780. The molecule has 2 aromatic rings. The lowest BCUT2D eigenvalue weighted by atomic mass is 9.98. The van der Waals surface area contributed by atoms with Crippen LogP contribution in [0.15, 0.2) is 36.4 Å². The van der Waals surface area contributed by atoms with Gasteiger partial charge in [0, 0.05) is 31.3 Å². The molecule has 0 unspecified atom stereocenters. The van der Waals surface area contributed by atoms with Gasteiger partial charge in [0.05, 0.1) is 0 Å². The van der Waals surface area contributed by atoms with Crippen molar-refractivity contribution in [3.05, 3.63) is 53.1 Å². The highest BCUT2D eigenvalue weighted by atomic mass is 16.2. The maximum absolute atomic E-state index is 11.5. The summed E-state index contributed by atoms with van der Waals surface area (Å²) in [5.74, 6) is 2.43. The van der Waals surface area contributed by atoms with Gasteiger partial charge in [-0.15, -0.1) is 6.42 Å². The molecule has 0 fully saturated rings. The predicted octanol–water partition coefficient (Wildman–Crippen LogP) is 2.74. The number of benzene rings is 2. The molecule has 0 aliphatic rings. The second-order valence-electron chi connectivity index (χ2n) is 4.84. The monoisotopic (exact) mass is 277 g/mol. The number of carbonyl (C=O) groups excluding carboxylic acids is 2. The van der Waals surface area contributed by atoms with Crippen LogP contribution < -0.4 is 0 Å². The van der Waals surface area contributed by atoms with Crippen LogP contribution in [0.1, 0.15) is 21.5 Å². The van der Waals surface area contributed by atoms with Crippen molar-refractivity contribution in [1.82, 2.24) is 4.90 Å². The summed E-state index contributed by atoms with van der Waals surface area (Å²) in [6.07, 6.45) is 9.43. The van der Waals surface area contributed by atoms with Crippen LogP contribution in [-0.2, 0) is 4.79 Å². The molecule has 0 aromatic heterocycles. The summed E-state index contributed by atoms with van der Waals surface area (Å²) in [6, 6.07) is 9.25. The van der Waals surface area contributed by atoms with E-state index in [4.69, 9.17) is 6.42 Å². The first kappa shape index (κ1) is 14.5. The van der Waals surface area contributed by atoms with Crippen molar-refractivity contribution < 1.29 is 9.59 Å². The summed E-state index contributed by atoms with van der Waals surface area (Å²) in [7, 11) is 3.40. The zero-order valence-electron chi connectivity index (χ0n) is 12.0. The SMILES string of the molecule is C#Cc1ccc2cc(/C=C/C(=O)N(C)C)ccc2c1C=O. The van der Waals surface area contributed by atoms with Gasteiger partial charge in [0.15, 0.2) is 6.29 Å². The molecule has 0 radical (unpaired) electrons. The number of likely N-dealkylation sites (N-methyl/N-ethyl adjacent to an activating group) is 1. The number of hydrogen-bond donors (Lipinski definition) is 0. The lowest BCUT2D eigenvalue weighted by Crippen LogP contribution is -2.18. The molecular weight excluding hydrogens is 262 g/mol. The molecule has 3 nitrogen and oxygen atoms in total. The summed E-state index contributed by atoms with van der Waals surface area (Å²) in [5.41, 5.74) is 2.00. The number of nitrogens with zero attached hydrogens (tertiary/aromatic N) is 1. The largest absolute Gasteiger partial charge is 0.345 e. The molecule has 104 valence electrons. The van der Waals surface area contributed by atoms with Gasteiger partial charge in [0.1, 0.15) is 0 Å². The van der Waals surface area contributed by atoms with Crippen molar-refractivity contribution in [2.45, 2.75) is 0 Å². The van der Waals surface area contributed by atoms with Crippen molar-refractivity contribution >= 4 is 29.0 Å². The fraction of sp³-hybridized carbons (Fsp3) is 0.111. The standard InChI is InChI=1S/C18H15NO2/c1-4-14-7-8-15-11-13(6-10-18(21)19(2)3)5-9-16(15)17(14)12-20/h1,5-12H,2-3H3/b10-6+. The molecule has 21 heavy (non-hydrogen) atoms. The van der Waals surface area contributed by atoms with Crippen molar-refractivity contribution in [3.8, 4) is 12.3 Å². The molecule has 0 saturated carbocycles. The number of amides is 1. The average Bonchev–Trinajstić information content (AvgIpc) is 2.50. The summed E-state index contributed by atoms with van der Waals surface area (Å²) in [4.78, 5) is 24.3. The number of carbonyl (C=O) groups is 2. The van der Waals surface area contributed by atoms with Gasteiger partial charge in [-0.3, -0.25) is 9.59 Å². The summed E-state index contributed by atoms with van der Waals surface area (Å²) in [5, 5.41) is 1.73. The first-order valence-electron chi connectivity index (χ1n) is 6.44. The van der Waals surface area contributed by atoms with Crippen LogP contribution in [0, 0.1) is 12.3 Å². The predicted molar refractivity (Wildman–Crippen MR) is 85.0 cm³/mol. The van der Waals surface area contributed by atoms with E-state index in [2.05, 4.69) is 5.92 Å². The Morgan fingerprint density at radius 2 is 2.00 bits per heavy atom. The molecule has 0 bridgehead atoms. The zero-order valence-corrected chi connectivity index (χ0v) is 12.0. The maximum atomic E-state index is 11.5. The smallest absolute Gasteiger partial charge is 0.246 e. The van der Waals surface area contributed by atoms with Gasteiger partial charge < -0.3 is 4.90 Å². The molecule has 2 rings (SSSR count). The number of terminal acetylenes is 1. The maximum Gasteiger partial charge on any atom is 0.246 e. The van der Waals surface area contributed by atoms with Gasteiger partial charge in [-0.25, -0.2) is 0 Å². The average molecular weight is 277 g/mol. The van der Waals surface area contributed by atoms with Crippen molar-refractivity contribution in [1.29, 1.82) is 0 Å². The normalized spacial score (nSPS) is 10.5. The van der Waals surface area contributed by atoms with Crippen molar-refractivity contribution in [2.24, 2.45) is 0 Å². The van der Waals surface area contributed by atoms with Gasteiger partial charge >= 0.3 is 0 Å². The number of aldehydes is 1. The quantitative estimate of drug-likeness (QED) is 0.491. The van der Waals surface area contributed by atoms with Crippen LogP contribution in [0.4, 0.5) is 0 Å². The Kier molecular flexibility index (Phi) is 4.20. The molecule has 0 aliphatic heterocycles. The highest BCUT2D eigenvalue weighted by molar-refractivity contribution is 6.01. The number of hydrogen-bond acceptors (Lipinski definition) is 2. The first-order chi connectivity index (χ1) is 10.1. The van der Waals surface area contributed by atoms with Crippen molar-refractivity contribution in [3.63, 3.8) is 0 Å². The lowest BCUT2D eigenvalue weighted by molar-refractivity contribution is -0.123. The van der Waals surface area contributed by atoms with Gasteiger partial charge in [0.25, 0.3) is 0 Å². The Morgan fingerprint density at radius 3 is 2.62 bits per heavy atom. The lowest BCUT2D eigenvalue weighted by Gasteiger charge is -2.06. The zero-order chi connectivity index (χ0) is 15.4. The van der Waals surface area contributed by atoms with E-state index in [9.17, 15) is 9.59 Å². The van der Waals surface area contributed by atoms with Crippen molar-refractivity contribution in [2.75, 3.05) is 14.1 Å². The molecule has 0 heterocycles. The minimum atomic E-state index is -0.0774. The Hall–Kier alpha value is -2.86. The van der Waals surface area contributed by atoms with E-state index in [0.717, 1.165) is 22.6 Å². The van der Waals surface area contributed by atoms with Crippen LogP contribution in [0.3, 0.4) is 0 Å². The molecule has 0 spiro atoms. The van der Waals surface area contributed by atoms with Gasteiger partial charge in [-0.05, 0) is 34.5 Å². The fourth-order valence-electron chi connectivity index (χ4n) is 2.05. The third kappa shape index (κ3) is 3.01. The third-order valence-electron chi connectivity index (χ3n) is 3.22. The molecule has 0 N–H and O–H groups in total. The van der Waals surface area contributed by atoms with Crippen LogP contribution in [0.2, 0.25) is 0 Å². The van der Waals surface area contributed by atoms with E-state index >= 15 is 0 Å².